The molecule has 0 radical (unpaired) electrons. The van der Waals surface area contributed by atoms with Crippen LogP contribution in [-0.2, 0) is 17.6 Å². The van der Waals surface area contributed by atoms with Crippen molar-refractivity contribution in [3.8, 4) is 0 Å². The lowest BCUT2D eigenvalue weighted by Crippen LogP contribution is -2.26. The Kier molecular flexibility index (Phi) is 4.16. The fourth-order valence-electron chi connectivity index (χ4n) is 2.89. The second-order valence-corrected chi connectivity index (χ2v) is 6.00. The standard InChI is InChI=1S/C19H19N5O/c25-19(10-9-17-21-13-5-1-2-6-14(13)22-17)20-12-11-18-23-15-7-3-4-8-16(15)24-18/h1-8H,9-12H2,(H,20,25)(H,21,22)(H,23,24). The van der Waals surface area contributed by atoms with Gasteiger partial charge < -0.3 is 15.3 Å². The molecule has 4 rings (SSSR count). The van der Waals surface area contributed by atoms with Crippen LogP contribution in [0.25, 0.3) is 22.1 Å². The topological polar surface area (TPSA) is 86.5 Å². The number of imidazole rings is 2. The maximum atomic E-state index is 12.0. The average molecular weight is 333 g/mol. The van der Waals surface area contributed by atoms with Gasteiger partial charge in [0.05, 0.1) is 22.1 Å². The highest BCUT2D eigenvalue weighted by Gasteiger charge is 2.07. The van der Waals surface area contributed by atoms with E-state index >= 15 is 0 Å². The second-order valence-electron chi connectivity index (χ2n) is 6.00. The van der Waals surface area contributed by atoms with E-state index in [9.17, 15) is 4.79 Å². The summed E-state index contributed by atoms with van der Waals surface area (Å²) in [4.78, 5) is 27.5. The summed E-state index contributed by atoms with van der Waals surface area (Å²) in [6.07, 6.45) is 1.70. The highest BCUT2D eigenvalue weighted by molar-refractivity contribution is 5.77. The van der Waals surface area contributed by atoms with Gasteiger partial charge in [-0.05, 0) is 24.3 Å². The number of carbonyl (C=O) groups excluding carboxylic acids is 1. The summed E-state index contributed by atoms with van der Waals surface area (Å²) < 4.78 is 0. The number of amides is 1. The Hall–Kier alpha value is -3.15. The van der Waals surface area contributed by atoms with Gasteiger partial charge in [0.2, 0.25) is 5.91 Å². The monoisotopic (exact) mass is 333 g/mol. The lowest BCUT2D eigenvalue weighted by Gasteiger charge is -2.02. The van der Waals surface area contributed by atoms with Crippen LogP contribution in [0.3, 0.4) is 0 Å². The van der Waals surface area contributed by atoms with E-state index in [4.69, 9.17) is 0 Å². The molecule has 1 amide bonds. The van der Waals surface area contributed by atoms with E-state index in [0.717, 1.165) is 33.7 Å². The number of rotatable bonds is 6. The van der Waals surface area contributed by atoms with Crippen molar-refractivity contribution in [2.24, 2.45) is 0 Å². The van der Waals surface area contributed by atoms with Crippen LogP contribution in [0, 0.1) is 0 Å². The van der Waals surface area contributed by atoms with Crippen LogP contribution in [0.5, 0.6) is 0 Å². The highest BCUT2D eigenvalue weighted by Crippen LogP contribution is 2.12. The van der Waals surface area contributed by atoms with E-state index in [1.165, 1.54) is 0 Å². The van der Waals surface area contributed by atoms with E-state index in [1.807, 2.05) is 48.5 Å². The number of carbonyl (C=O) groups is 1. The molecule has 6 nitrogen and oxygen atoms in total. The summed E-state index contributed by atoms with van der Waals surface area (Å²) >= 11 is 0. The van der Waals surface area contributed by atoms with Gasteiger partial charge in [0.1, 0.15) is 11.6 Å². The Labute approximate surface area is 144 Å². The van der Waals surface area contributed by atoms with E-state index in [0.29, 0.717) is 25.8 Å². The number of aromatic nitrogens is 4. The molecule has 0 saturated carbocycles. The molecule has 4 aromatic rings. The number of para-hydroxylation sites is 4. The molecule has 25 heavy (non-hydrogen) atoms. The molecular weight excluding hydrogens is 314 g/mol. The Bertz CT molecular complexity index is 951. The molecule has 2 heterocycles. The number of hydrogen-bond acceptors (Lipinski definition) is 3. The first-order chi connectivity index (χ1) is 12.3. The van der Waals surface area contributed by atoms with Gasteiger partial charge in [0.25, 0.3) is 0 Å². The van der Waals surface area contributed by atoms with Crippen LogP contribution in [0.1, 0.15) is 18.1 Å². The van der Waals surface area contributed by atoms with Crippen molar-refractivity contribution >= 4 is 28.0 Å². The van der Waals surface area contributed by atoms with E-state index in [1.54, 1.807) is 0 Å². The normalized spacial score (nSPS) is 11.2. The van der Waals surface area contributed by atoms with Crippen LogP contribution in [0.2, 0.25) is 0 Å². The third kappa shape index (κ3) is 3.52. The van der Waals surface area contributed by atoms with Crippen molar-refractivity contribution in [2.45, 2.75) is 19.3 Å². The number of benzene rings is 2. The fraction of sp³-hybridized carbons (Fsp3) is 0.211. The Balaban J connectivity index is 1.26. The molecular formula is C19H19N5O. The molecule has 0 unspecified atom stereocenters. The van der Waals surface area contributed by atoms with Crippen LogP contribution in [0.15, 0.2) is 48.5 Å². The maximum absolute atomic E-state index is 12.0. The molecule has 3 N–H and O–H groups in total. The zero-order valence-electron chi connectivity index (χ0n) is 13.7. The van der Waals surface area contributed by atoms with Crippen molar-refractivity contribution in [2.75, 3.05) is 6.54 Å². The highest BCUT2D eigenvalue weighted by atomic mass is 16.1. The molecule has 2 aromatic carbocycles. The summed E-state index contributed by atoms with van der Waals surface area (Å²) in [7, 11) is 0. The molecule has 0 saturated heterocycles. The zero-order valence-corrected chi connectivity index (χ0v) is 13.7. The molecule has 0 aliphatic carbocycles. The summed E-state index contributed by atoms with van der Waals surface area (Å²) in [5, 5.41) is 2.94. The van der Waals surface area contributed by atoms with Crippen LogP contribution < -0.4 is 5.32 Å². The minimum Gasteiger partial charge on any atom is -0.356 e. The average Bonchev–Trinajstić information content (AvgIpc) is 3.23. The lowest BCUT2D eigenvalue weighted by atomic mass is 10.3. The molecule has 0 aliphatic rings. The molecule has 0 spiro atoms. The molecule has 126 valence electrons. The minimum atomic E-state index is 0.0246. The molecule has 0 aliphatic heterocycles. The van der Waals surface area contributed by atoms with E-state index in [2.05, 4.69) is 25.3 Å². The predicted octanol–water partition coefficient (Wildman–Crippen LogP) is 2.73. The van der Waals surface area contributed by atoms with Crippen molar-refractivity contribution in [3.05, 3.63) is 60.2 Å². The van der Waals surface area contributed by atoms with Crippen molar-refractivity contribution in [3.63, 3.8) is 0 Å². The van der Waals surface area contributed by atoms with Gasteiger partial charge in [0, 0.05) is 25.8 Å². The van der Waals surface area contributed by atoms with Crippen molar-refractivity contribution < 1.29 is 4.79 Å². The van der Waals surface area contributed by atoms with Gasteiger partial charge in [-0.15, -0.1) is 0 Å². The summed E-state index contributed by atoms with van der Waals surface area (Å²) in [5.74, 6) is 1.75. The number of nitrogens with zero attached hydrogens (tertiary/aromatic N) is 2. The van der Waals surface area contributed by atoms with Gasteiger partial charge in [-0.3, -0.25) is 4.79 Å². The molecule has 2 aromatic heterocycles. The smallest absolute Gasteiger partial charge is 0.220 e. The number of nitrogens with one attached hydrogen (secondary N) is 3. The van der Waals surface area contributed by atoms with Crippen LogP contribution in [0.4, 0.5) is 0 Å². The van der Waals surface area contributed by atoms with E-state index < -0.39 is 0 Å². The Morgan fingerprint density at radius 2 is 1.40 bits per heavy atom. The molecule has 0 fully saturated rings. The number of aryl methyl sites for hydroxylation is 1. The van der Waals surface area contributed by atoms with E-state index in [-0.39, 0.29) is 5.91 Å². The van der Waals surface area contributed by atoms with Crippen molar-refractivity contribution in [1.29, 1.82) is 0 Å². The largest absolute Gasteiger partial charge is 0.356 e. The lowest BCUT2D eigenvalue weighted by molar-refractivity contribution is -0.121. The number of H-pyrrole nitrogens is 2. The first-order valence-electron chi connectivity index (χ1n) is 8.42. The van der Waals surface area contributed by atoms with Gasteiger partial charge in [-0.1, -0.05) is 24.3 Å². The number of fused-ring (bicyclic) bond motifs is 2. The summed E-state index contributed by atoms with van der Waals surface area (Å²) in [5.41, 5.74) is 3.91. The van der Waals surface area contributed by atoms with Gasteiger partial charge in [-0.25, -0.2) is 9.97 Å². The zero-order chi connectivity index (χ0) is 17.1. The molecule has 6 heteroatoms. The van der Waals surface area contributed by atoms with Gasteiger partial charge in [0.15, 0.2) is 0 Å². The van der Waals surface area contributed by atoms with Gasteiger partial charge in [-0.2, -0.15) is 0 Å². The third-order valence-corrected chi connectivity index (χ3v) is 4.15. The third-order valence-electron chi connectivity index (χ3n) is 4.15. The Morgan fingerprint density at radius 1 is 0.840 bits per heavy atom. The summed E-state index contributed by atoms with van der Waals surface area (Å²) in [6.45, 7) is 0.568. The molecule has 0 atom stereocenters. The first-order valence-corrected chi connectivity index (χ1v) is 8.42. The first kappa shape index (κ1) is 15.4. The SMILES string of the molecule is O=C(CCc1nc2ccccc2[nH]1)NCCc1nc2ccccc2[nH]1. The van der Waals surface area contributed by atoms with Crippen molar-refractivity contribution in [1.82, 2.24) is 25.3 Å². The minimum absolute atomic E-state index is 0.0246. The second kappa shape index (κ2) is 6.76. The quantitative estimate of drug-likeness (QED) is 0.507. The fourth-order valence-corrected chi connectivity index (χ4v) is 2.89. The van der Waals surface area contributed by atoms with Gasteiger partial charge >= 0.3 is 0 Å². The predicted molar refractivity (Wildman–Crippen MR) is 97.2 cm³/mol. The maximum Gasteiger partial charge on any atom is 0.220 e. The Morgan fingerprint density at radius 3 is 2.00 bits per heavy atom. The number of aromatic amines is 2. The van der Waals surface area contributed by atoms with Crippen LogP contribution in [-0.4, -0.2) is 32.4 Å². The number of hydrogen-bond donors (Lipinski definition) is 3. The summed E-state index contributed by atoms with van der Waals surface area (Å²) in [6, 6.07) is 15.8. The van der Waals surface area contributed by atoms with Crippen LogP contribution >= 0.6 is 0 Å². The molecule has 0 bridgehead atoms.